The third kappa shape index (κ3) is 4.39. The Kier molecular flexibility index (Phi) is 5.92. The normalized spacial score (nSPS) is 19.0. The van der Waals surface area contributed by atoms with Crippen LogP contribution in [0.4, 0.5) is 5.00 Å². The summed E-state index contributed by atoms with van der Waals surface area (Å²) in [5.74, 6) is 1.66. The highest BCUT2D eigenvalue weighted by atomic mass is 32.1. The molecule has 4 aromatic rings. The van der Waals surface area contributed by atoms with Gasteiger partial charge in [0.25, 0.3) is 0 Å². The molecule has 2 N–H and O–H groups in total. The molecule has 2 aliphatic rings. The van der Waals surface area contributed by atoms with E-state index in [9.17, 15) is 0 Å². The first-order valence-electron chi connectivity index (χ1n) is 12.1. The standard InChI is InChI=1S/C24H30N8OS/c1-33-18-8-19(20-11-27-28-21(20)9-18)22-14-32(30-29-22)15-23-26-12-24(34-23)31-7-3-6-17(13-31)25-10-16-4-2-5-16/h8-9,11-12,14,16-17,25H,2-7,10,13,15H2,1H3,(H,27,28). The van der Waals surface area contributed by atoms with Gasteiger partial charge in [-0.2, -0.15) is 5.10 Å². The summed E-state index contributed by atoms with van der Waals surface area (Å²) in [6.07, 6.45) is 12.5. The zero-order valence-electron chi connectivity index (χ0n) is 19.4. The average molecular weight is 479 g/mol. The number of nitrogens with zero attached hydrogens (tertiary/aromatic N) is 6. The molecule has 0 radical (unpaired) electrons. The maximum atomic E-state index is 5.44. The number of hydrogen-bond acceptors (Lipinski definition) is 8. The first-order chi connectivity index (χ1) is 16.7. The second-order valence-electron chi connectivity index (χ2n) is 9.39. The van der Waals surface area contributed by atoms with Crippen molar-refractivity contribution in [1.29, 1.82) is 0 Å². The van der Waals surface area contributed by atoms with E-state index < -0.39 is 0 Å². The van der Waals surface area contributed by atoms with Crippen LogP contribution in [0.5, 0.6) is 5.75 Å². The summed E-state index contributed by atoms with van der Waals surface area (Å²) in [4.78, 5) is 7.18. The number of H-pyrrole nitrogens is 1. The molecule has 1 unspecified atom stereocenters. The maximum absolute atomic E-state index is 5.44. The Hall–Kier alpha value is -2.98. The zero-order valence-corrected chi connectivity index (χ0v) is 20.2. The number of piperidine rings is 1. The van der Waals surface area contributed by atoms with E-state index in [1.165, 1.54) is 43.6 Å². The van der Waals surface area contributed by atoms with E-state index in [2.05, 4.69) is 30.7 Å². The topological polar surface area (TPSA) is 96.8 Å². The van der Waals surface area contributed by atoms with E-state index in [0.29, 0.717) is 12.6 Å². The second-order valence-corrected chi connectivity index (χ2v) is 10.5. The molecule has 1 aliphatic carbocycles. The van der Waals surface area contributed by atoms with Crippen LogP contribution in [0.25, 0.3) is 22.2 Å². The van der Waals surface area contributed by atoms with E-state index in [-0.39, 0.29) is 0 Å². The number of ether oxygens (including phenoxy) is 1. The lowest BCUT2D eigenvalue weighted by molar-refractivity contribution is 0.280. The van der Waals surface area contributed by atoms with Gasteiger partial charge in [-0.25, -0.2) is 9.67 Å². The molecule has 4 heterocycles. The van der Waals surface area contributed by atoms with Crippen molar-refractivity contribution in [2.75, 3.05) is 31.6 Å². The Morgan fingerprint density at radius 1 is 1.21 bits per heavy atom. The van der Waals surface area contributed by atoms with Crippen molar-refractivity contribution < 1.29 is 4.74 Å². The highest BCUT2D eigenvalue weighted by molar-refractivity contribution is 7.15. The van der Waals surface area contributed by atoms with Gasteiger partial charge in [-0.3, -0.25) is 5.10 Å². The van der Waals surface area contributed by atoms with Gasteiger partial charge < -0.3 is 15.0 Å². The maximum Gasteiger partial charge on any atom is 0.121 e. The Balaban J connectivity index is 1.13. The van der Waals surface area contributed by atoms with Crippen molar-refractivity contribution in [3.8, 4) is 17.0 Å². The minimum atomic E-state index is 0.584. The van der Waals surface area contributed by atoms with Crippen LogP contribution < -0.4 is 15.0 Å². The van der Waals surface area contributed by atoms with Gasteiger partial charge in [-0.1, -0.05) is 23.0 Å². The van der Waals surface area contributed by atoms with Crippen molar-refractivity contribution >= 4 is 27.2 Å². The number of benzene rings is 1. The van der Waals surface area contributed by atoms with Crippen molar-refractivity contribution in [2.45, 2.75) is 44.7 Å². The van der Waals surface area contributed by atoms with E-state index >= 15 is 0 Å². The van der Waals surface area contributed by atoms with Gasteiger partial charge in [0.15, 0.2) is 0 Å². The monoisotopic (exact) mass is 478 g/mol. The third-order valence-corrected chi connectivity index (χ3v) is 8.12. The molecule has 1 atom stereocenters. The molecule has 1 saturated heterocycles. The number of nitrogens with one attached hydrogen (secondary N) is 2. The Morgan fingerprint density at radius 3 is 3.00 bits per heavy atom. The molecule has 10 heteroatoms. The molecule has 1 aliphatic heterocycles. The number of methoxy groups -OCH3 is 1. The predicted octanol–water partition coefficient (Wildman–Crippen LogP) is 3.69. The number of fused-ring (bicyclic) bond motifs is 1. The van der Waals surface area contributed by atoms with Gasteiger partial charge in [0, 0.05) is 36.1 Å². The van der Waals surface area contributed by atoms with E-state index in [1.54, 1.807) is 18.4 Å². The molecular weight excluding hydrogens is 448 g/mol. The van der Waals surface area contributed by atoms with Crippen LogP contribution >= 0.6 is 11.3 Å². The SMILES string of the molecule is COc1cc(-c2cn(Cc3ncc(N4CCCC(NCC5CCC5)C4)s3)nn2)c2cn[nH]c2c1. The first kappa shape index (κ1) is 21.5. The van der Waals surface area contributed by atoms with Crippen LogP contribution in [0.2, 0.25) is 0 Å². The van der Waals surface area contributed by atoms with Crippen molar-refractivity contribution in [2.24, 2.45) is 5.92 Å². The first-order valence-corrected chi connectivity index (χ1v) is 12.9. The van der Waals surface area contributed by atoms with Crippen LogP contribution in [0.3, 0.4) is 0 Å². The molecule has 1 aromatic carbocycles. The lowest BCUT2D eigenvalue weighted by Gasteiger charge is -2.35. The van der Waals surface area contributed by atoms with Crippen LogP contribution in [0.1, 0.15) is 37.1 Å². The second kappa shape index (κ2) is 9.34. The van der Waals surface area contributed by atoms with Gasteiger partial charge in [0.2, 0.25) is 0 Å². The molecule has 34 heavy (non-hydrogen) atoms. The quantitative estimate of drug-likeness (QED) is 0.399. The van der Waals surface area contributed by atoms with E-state index in [0.717, 1.165) is 51.9 Å². The molecule has 9 nitrogen and oxygen atoms in total. The number of rotatable bonds is 8. The van der Waals surface area contributed by atoms with Crippen LogP contribution in [0.15, 0.2) is 30.7 Å². The third-order valence-electron chi connectivity index (χ3n) is 7.07. The van der Waals surface area contributed by atoms with Crippen molar-refractivity contribution in [3.63, 3.8) is 0 Å². The summed E-state index contributed by atoms with van der Waals surface area (Å²) < 4.78 is 7.29. The molecule has 178 valence electrons. The Labute approximate surface area is 202 Å². The molecule has 0 spiro atoms. The fraction of sp³-hybridized carbons (Fsp3) is 0.500. The molecular formula is C24H30N8OS. The summed E-state index contributed by atoms with van der Waals surface area (Å²) in [6.45, 7) is 3.96. The minimum absolute atomic E-state index is 0.584. The molecule has 3 aromatic heterocycles. The lowest BCUT2D eigenvalue weighted by Crippen LogP contribution is -2.47. The van der Waals surface area contributed by atoms with Crippen molar-refractivity contribution in [1.82, 2.24) is 35.5 Å². The molecule has 0 bridgehead atoms. The number of anilines is 1. The number of aromatic nitrogens is 6. The largest absolute Gasteiger partial charge is 0.497 e. The van der Waals surface area contributed by atoms with Gasteiger partial charge in [-0.05, 0) is 44.2 Å². The lowest BCUT2D eigenvalue weighted by atomic mass is 9.85. The zero-order chi connectivity index (χ0) is 22.9. The summed E-state index contributed by atoms with van der Waals surface area (Å²) in [5.41, 5.74) is 2.65. The Bertz CT molecular complexity index is 1260. The van der Waals surface area contributed by atoms with Gasteiger partial charge >= 0.3 is 0 Å². The van der Waals surface area contributed by atoms with Gasteiger partial charge in [-0.15, -0.1) is 5.10 Å². The van der Waals surface area contributed by atoms with Crippen molar-refractivity contribution in [3.05, 3.63) is 35.7 Å². The summed E-state index contributed by atoms with van der Waals surface area (Å²) in [7, 11) is 1.66. The fourth-order valence-corrected chi connectivity index (χ4v) is 5.83. The summed E-state index contributed by atoms with van der Waals surface area (Å²) in [5, 5.41) is 23.0. The fourth-order valence-electron chi connectivity index (χ4n) is 4.89. The number of thiazole rings is 1. The Morgan fingerprint density at radius 2 is 2.15 bits per heavy atom. The smallest absolute Gasteiger partial charge is 0.121 e. The highest BCUT2D eigenvalue weighted by Crippen LogP contribution is 2.32. The minimum Gasteiger partial charge on any atom is -0.497 e. The van der Waals surface area contributed by atoms with Gasteiger partial charge in [0.05, 0.1) is 37.8 Å². The number of hydrogen-bond donors (Lipinski definition) is 2. The molecule has 0 amide bonds. The molecule has 6 rings (SSSR count). The number of aromatic amines is 1. The van der Waals surface area contributed by atoms with E-state index in [1.807, 2.05) is 35.4 Å². The van der Waals surface area contributed by atoms with Crippen LogP contribution in [0, 0.1) is 5.92 Å². The predicted molar refractivity (Wildman–Crippen MR) is 133 cm³/mol. The summed E-state index contributed by atoms with van der Waals surface area (Å²) in [6, 6.07) is 4.49. The highest BCUT2D eigenvalue weighted by Gasteiger charge is 2.24. The summed E-state index contributed by atoms with van der Waals surface area (Å²) >= 11 is 1.75. The molecule has 1 saturated carbocycles. The van der Waals surface area contributed by atoms with Crippen LogP contribution in [-0.4, -0.2) is 63.0 Å². The van der Waals surface area contributed by atoms with Crippen LogP contribution in [-0.2, 0) is 6.54 Å². The molecule has 2 fully saturated rings. The van der Waals surface area contributed by atoms with E-state index in [4.69, 9.17) is 9.72 Å². The van der Waals surface area contributed by atoms with Gasteiger partial charge in [0.1, 0.15) is 21.5 Å². The average Bonchev–Trinajstić information content (AvgIpc) is 3.59.